The summed E-state index contributed by atoms with van der Waals surface area (Å²) in [5.41, 5.74) is 6.41. The van der Waals surface area contributed by atoms with E-state index in [1.165, 1.54) is 11.1 Å². The molecule has 0 saturated heterocycles. The van der Waals surface area contributed by atoms with E-state index in [1.54, 1.807) is 0 Å². The summed E-state index contributed by atoms with van der Waals surface area (Å²) >= 11 is 5.66. The first-order chi connectivity index (χ1) is 15.4. The van der Waals surface area contributed by atoms with Crippen molar-refractivity contribution >= 4 is 22.9 Å². The maximum absolute atomic E-state index is 5.78. The SMILES string of the molecule is CCOc1ccc(-c2noc(C3=C(C)N(CC)C(=S)NC3c3ccc(C)c(C)c3)n2)cc1. The van der Waals surface area contributed by atoms with E-state index in [4.69, 9.17) is 26.5 Å². The molecular weight excluding hydrogens is 420 g/mol. The average Bonchev–Trinajstić information content (AvgIpc) is 3.26. The minimum atomic E-state index is -0.168. The highest BCUT2D eigenvalue weighted by Gasteiger charge is 2.33. The van der Waals surface area contributed by atoms with Gasteiger partial charge in [-0.1, -0.05) is 23.4 Å². The first kappa shape index (κ1) is 22.0. The van der Waals surface area contributed by atoms with Gasteiger partial charge in [0.25, 0.3) is 5.89 Å². The average molecular weight is 449 g/mol. The molecule has 1 atom stereocenters. The number of hydrogen-bond acceptors (Lipinski definition) is 5. The summed E-state index contributed by atoms with van der Waals surface area (Å²) in [6.45, 7) is 11.7. The van der Waals surface area contributed by atoms with Crippen LogP contribution in [0.4, 0.5) is 0 Å². The van der Waals surface area contributed by atoms with Crippen LogP contribution < -0.4 is 10.1 Å². The Kier molecular flexibility index (Phi) is 6.28. The van der Waals surface area contributed by atoms with Crippen LogP contribution in [0.3, 0.4) is 0 Å². The van der Waals surface area contributed by atoms with Crippen LogP contribution in [0.1, 0.15) is 49.4 Å². The summed E-state index contributed by atoms with van der Waals surface area (Å²) in [6, 6.07) is 14.0. The Bertz CT molecular complexity index is 1170. The maximum atomic E-state index is 5.78. The number of allylic oxidation sites excluding steroid dienone is 1. The Morgan fingerprint density at radius 3 is 2.47 bits per heavy atom. The van der Waals surface area contributed by atoms with Crippen LogP contribution in [0, 0.1) is 13.8 Å². The molecule has 0 fully saturated rings. The minimum absolute atomic E-state index is 0.168. The minimum Gasteiger partial charge on any atom is -0.494 e. The molecule has 7 heteroatoms. The number of ether oxygens (including phenoxy) is 1. The topological polar surface area (TPSA) is 63.4 Å². The van der Waals surface area contributed by atoms with Gasteiger partial charge in [0, 0.05) is 17.8 Å². The molecule has 0 spiro atoms. The third-order valence-electron chi connectivity index (χ3n) is 5.86. The fraction of sp³-hybridized carbons (Fsp3) is 0.320. The molecule has 0 aliphatic carbocycles. The van der Waals surface area contributed by atoms with E-state index in [9.17, 15) is 0 Å². The molecule has 6 nitrogen and oxygen atoms in total. The van der Waals surface area contributed by atoms with Gasteiger partial charge in [0.05, 0.1) is 18.2 Å². The predicted molar refractivity (Wildman–Crippen MR) is 130 cm³/mol. The Morgan fingerprint density at radius 2 is 1.81 bits per heavy atom. The molecule has 0 radical (unpaired) electrons. The Balaban J connectivity index is 1.76. The third kappa shape index (κ3) is 4.12. The van der Waals surface area contributed by atoms with Gasteiger partial charge < -0.3 is 19.5 Å². The van der Waals surface area contributed by atoms with Gasteiger partial charge in [-0.3, -0.25) is 0 Å². The highest BCUT2D eigenvalue weighted by Crippen LogP contribution is 2.37. The third-order valence-corrected chi connectivity index (χ3v) is 6.20. The Morgan fingerprint density at radius 1 is 1.06 bits per heavy atom. The molecular formula is C25H28N4O2S. The van der Waals surface area contributed by atoms with Gasteiger partial charge in [0.2, 0.25) is 5.82 Å². The van der Waals surface area contributed by atoms with E-state index in [1.807, 2.05) is 31.2 Å². The number of aryl methyl sites for hydroxylation is 2. The number of rotatable bonds is 6. The number of thiocarbonyl (C=S) groups is 1. The van der Waals surface area contributed by atoms with Crippen molar-refractivity contribution in [2.24, 2.45) is 0 Å². The Labute approximate surface area is 194 Å². The summed E-state index contributed by atoms with van der Waals surface area (Å²) in [4.78, 5) is 6.81. The molecule has 0 amide bonds. The van der Waals surface area contributed by atoms with Crippen LogP contribution in [0.15, 0.2) is 52.7 Å². The molecule has 1 aromatic heterocycles. The lowest BCUT2D eigenvalue weighted by Gasteiger charge is -2.36. The molecule has 1 aliphatic heterocycles. The van der Waals surface area contributed by atoms with Gasteiger partial charge in [0.1, 0.15) is 5.75 Å². The van der Waals surface area contributed by atoms with Gasteiger partial charge in [0.15, 0.2) is 5.11 Å². The second-order valence-electron chi connectivity index (χ2n) is 7.85. The van der Waals surface area contributed by atoms with Gasteiger partial charge in [-0.25, -0.2) is 0 Å². The molecule has 0 saturated carbocycles. The van der Waals surface area contributed by atoms with Crippen LogP contribution in [-0.4, -0.2) is 33.3 Å². The van der Waals surface area contributed by atoms with Crippen molar-refractivity contribution in [1.82, 2.24) is 20.4 Å². The van der Waals surface area contributed by atoms with Crippen LogP contribution in [0.25, 0.3) is 17.0 Å². The van der Waals surface area contributed by atoms with E-state index in [-0.39, 0.29) is 6.04 Å². The Hall–Kier alpha value is -3.19. The van der Waals surface area contributed by atoms with E-state index in [0.29, 0.717) is 23.4 Å². The maximum Gasteiger partial charge on any atom is 0.258 e. The summed E-state index contributed by atoms with van der Waals surface area (Å²) in [7, 11) is 0. The predicted octanol–water partition coefficient (Wildman–Crippen LogP) is 5.43. The monoisotopic (exact) mass is 448 g/mol. The molecule has 2 heterocycles. The van der Waals surface area contributed by atoms with Crippen LogP contribution in [0.5, 0.6) is 5.75 Å². The molecule has 1 aliphatic rings. The molecule has 0 bridgehead atoms. The first-order valence-corrected chi connectivity index (χ1v) is 11.3. The van der Waals surface area contributed by atoms with Crippen LogP contribution >= 0.6 is 12.2 Å². The quantitative estimate of drug-likeness (QED) is 0.504. The lowest BCUT2D eigenvalue weighted by atomic mass is 9.92. The summed E-state index contributed by atoms with van der Waals surface area (Å²) < 4.78 is 11.3. The number of hydrogen-bond donors (Lipinski definition) is 1. The fourth-order valence-electron chi connectivity index (χ4n) is 3.95. The van der Waals surface area contributed by atoms with Crippen molar-refractivity contribution in [1.29, 1.82) is 0 Å². The van der Waals surface area contributed by atoms with Crippen molar-refractivity contribution in [2.75, 3.05) is 13.2 Å². The number of nitrogens with one attached hydrogen (secondary N) is 1. The smallest absolute Gasteiger partial charge is 0.258 e. The largest absolute Gasteiger partial charge is 0.494 e. The lowest BCUT2D eigenvalue weighted by molar-refractivity contribution is 0.340. The number of nitrogens with zero attached hydrogens (tertiary/aromatic N) is 3. The van der Waals surface area contributed by atoms with Crippen molar-refractivity contribution in [3.63, 3.8) is 0 Å². The number of aromatic nitrogens is 2. The molecule has 3 aromatic rings. The van der Waals surface area contributed by atoms with Crippen molar-refractivity contribution in [2.45, 2.75) is 40.7 Å². The second-order valence-corrected chi connectivity index (χ2v) is 8.24. The second kappa shape index (κ2) is 9.12. The summed E-state index contributed by atoms with van der Waals surface area (Å²) in [5.74, 6) is 1.85. The van der Waals surface area contributed by atoms with Gasteiger partial charge in [-0.2, -0.15) is 4.98 Å². The zero-order valence-corrected chi connectivity index (χ0v) is 19.9. The van der Waals surface area contributed by atoms with E-state index < -0.39 is 0 Å². The molecule has 1 N–H and O–H groups in total. The molecule has 32 heavy (non-hydrogen) atoms. The van der Waals surface area contributed by atoms with Crippen LogP contribution in [-0.2, 0) is 0 Å². The lowest BCUT2D eigenvalue weighted by Crippen LogP contribution is -2.45. The molecule has 4 rings (SSSR count). The highest BCUT2D eigenvalue weighted by atomic mass is 32.1. The van der Waals surface area contributed by atoms with E-state index >= 15 is 0 Å². The summed E-state index contributed by atoms with van der Waals surface area (Å²) in [6.07, 6.45) is 0. The van der Waals surface area contributed by atoms with Gasteiger partial charge in [-0.15, -0.1) is 0 Å². The molecule has 166 valence electrons. The summed E-state index contributed by atoms with van der Waals surface area (Å²) in [5, 5.41) is 8.44. The van der Waals surface area contributed by atoms with Crippen LogP contribution in [0.2, 0.25) is 0 Å². The standard InChI is InChI=1S/C25H28N4O2S/c1-6-29-17(5)21(22(26-25(29)32)19-9-8-15(3)16(4)14-19)24-27-23(28-31-24)18-10-12-20(13-11-18)30-7-2/h8-14,22H,6-7H2,1-5H3,(H,26,32). The highest BCUT2D eigenvalue weighted by molar-refractivity contribution is 7.80. The van der Waals surface area contributed by atoms with Crippen molar-refractivity contribution in [3.8, 4) is 17.1 Å². The van der Waals surface area contributed by atoms with E-state index in [2.05, 4.69) is 61.3 Å². The van der Waals surface area contributed by atoms with E-state index in [0.717, 1.165) is 34.7 Å². The van der Waals surface area contributed by atoms with Crippen molar-refractivity contribution < 1.29 is 9.26 Å². The van der Waals surface area contributed by atoms with Gasteiger partial charge in [-0.05, 0) is 87.8 Å². The molecule has 2 aromatic carbocycles. The van der Waals surface area contributed by atoms with Gasteiger partial charge >= 0.3 is 0 Å². The fourth-order valence-corrected chi connectivity index (χ4v) is 4.33. The first-order valence-electron chi connectivity index (χ1n) is 10.9. The number of benzene rings is 2. The zero-order valence-electron chi connectivity index (χ0n) is 19.1. The molecule has 1 unspecified atom stereocenters. The normalized spacial score (nSPS) is 16.3. The zero-order chi connectivity index (χ0) is 22.8. The van der Waals surface area contributed by atoms with Crippen molar-refractivity contribution in [3.05, 3.63) is 70.7 Å².